The Hall–Kier alpha value is -0.580. The molecule has 0 aromatic heterocycles. The van der Waals surface area contributed by atoms with E-state index in [0.717, 1.165) is 30.5 Å². The van der Waals surface area contributed by atoms with E-state index in [2.05, 4.69) is 65.1 Å². The van der Waals surface area contributed by atoms with Crippen LogP contribution in [-0.2, 0) is 6.54 Å². The van der Waals surface area contributed by atoms with Gasteiger partial charge in [-0.2, -0.15) is 0 Å². The largest absolute Gasteiger partial charge is 0.393 e. The minimum Gasteiger partial charge on any atom is -0.393 e. The van der Waals surface area contributed by atoms with E-state index in [1.807, 2.05) is 6.92 Å². The highest BCUT2D eigenvalue weighted by Crippen LogP contribution is 2.31. The van der Waals surface area contributed by atoms with E-state index in [9.17, 15) is 5.11 Å². The van der Waals surface area contributed by atoms with Crippen molar-refractivity contribution in [2.45, 2.75) is 52.3 Å². The molecule has 0 spiro atoms. The van der Waals surface area contributed by atoms with Crippen LogP contribution in [0.1, 0.15) is 39.7 Å². The van der Waals surface area contributed by atoms with Gasteiger partial charge in [0, 0.05) is 41.3 Å². The van der Waals surface area contributed by atoms with Gasteiger partial charge in [0.1, 0.15) is 0 Å². The molecule has 2 N–H and O–H groups in total. The van der Waals surface area contributed by atoms with Gasteiger partial charge in [0.15, 0.2) is 0 Å². The Bertz CT molecular complexity index is 482. The Kier molecular flexibility index (Phi) is 5.33. The van der Waals surface area contributed by atoms with E-state index in [-0.39, 0.29) is 11.6 Å². The maximum atomic E-state index is 9.80. The van der Waals surface area contributed by atoms with Crippen LogP contribution < -0.4 is 10.2 Å². The molecule has 4 heteroatoms. The normalized spacial score (nSPS) is 20.9. The minimum atomic E-state index is -0.224. The lowest BCUT2D eigenvalue weighted by atomic mass is 10.0. The zero-order valence-corrected chi connectivity index (χ0v) is 15.1. The Labute approximate surface area is 136 Å². The number of aliphatic hydroxyl groups is 1. The summed E-state index contributed by atoms with van der Waals surface area (Å²) in [6, 6.07) is 6.49. The van der Waals surface area contributed by atoms with E-state index < -0.39 is 0 Å². The molecule has 0 bridgehead atoms. The quantitative estimate of drug-likeness (QED) is 0.867. The standard InChI is InChI=1S/C17H27BrN2O/c1-12(21)14-7-8-20(11-14)16-9-15(18)6-5-13(16)10-19-17(2,3)4/h5-6,9,12,14,19,21H,7-8,10-11H2,1-4H3. The molecule has 1 aromatic carbocycles. The number of halogens is 1. The number of nitrogens with one attached hydrogen (secondary N) is 1. The summed E-state index contributed by atoms with van der Waals surface area (Å²) >= 11 is 3.58. The fraction of sp³-hybridized carbons (Fsp3) is 0.647. The lowest BCUT2D eigenvalue weighted by Gasteiger charge is -2.26. The molecular formula is C17H27BrN2O. The molecule has 0 aliphatic carbocycles. The van der Waals surface area contributed by atoms with Gasteiger partial charge in [-0.3, -0.25) is 0 Å². The van der Waals surface area contributed by atoms with Crippen LogP contribution in [0, 0.1) is 5.92 Å². The summed E-state index contributed by atoms with van der Waals surface area (Å²) in [6.07, 6.45) is 0.842. The molecule has 1 saturated heterocycles. The van der Waals surface area contributed by atoms with Crippen molar-refractivity contribution in [3.05, 3.63) is 28.2 Å². The average Bonchev–Trinajstić information content (AvgIpc) is 2.85. The summed E-state index contributed by atoms with van der Waals surface area (Å²) in [5, 5.41) is 13.4. The molecule has 0 radical (unpaired) electrons. The lowest BCUT2D eigenvalue weighted by Crippen LogP contribution is -2.35. The maximum absolute atomic E-state index is 9.80. The molecule has 3 nitrogen and oxygen atoms in total. The van der Waals surface area contributed by atoms with Crippen LogP contribution in [0.3, 0.4) is 0 Å². The number of nitrogens with zero attached hydrogens (tertiary/aromatic N) is 1. The molecule has 1 aliphatic heterocycles. The van der Waals surface area contributed by atoms with Crippen LogP contribution >= 0.6 is 15.9 Å². The van der Waals surface area contributed by atoms with Crippen LogP contribution in [0.2, 0.25) is 0 Å². The van der Waals surface area contributed by atoms with Crippen molar-refractivity contribution in [1.82, 2.24) is 5.32 Å². The first-order valence-electron chi connectivity index (χ1n) is 7.73. The van der Waals surface area contributed by atoms with Gasteiger partial charge in [0.25, 0.3) is 0 Å². The number of benzene rings is 1. The van der Waals surface area contributed by atoms with Crippen molar-refractivity contribution in [2.24, 2.45) is 5.92 Å². The topological polar surface area (TPSA) is 35.5 Å². The molecule has 1 aliphatic rings. The summed E-state index contributed by atoms with van der Waals surface area (Å²) in [4.78, 5) is 2.40. The summed E-state index contributed by atoms with van der Waals surface area (Å²) in [6.45, 7) is 11.3. The van der Waals surface area contributed by atoms with Gasteiger partial charge in [0.2, 0.25) is 0 Å². The first-order chi connectivity index (χ1) is 9.76. The van der Waals surface area contributed by atoms with Gasteiger partial charge in [-0.1, -0.05) is 22.0 Å². The third-order valence-corrected chi connectivity index (χ3v) is 4.60. The monoisotopic (exact) mass is 354 g/mol. The average molecular weight is 355 g/mol. The number of aliphatic hydroxyl groups excluding tert-OH is 1. The van der Waals surface area contributed by atoms with Crippen LogP contribution in [0.4, 0.5) is 5.69 Å². The first kappa shape index (κ1) is 16.8. The zero-order valence-electron chi connectivity index (χ0n) is 13.5. The Balaban J connectivity index is 2.16. The van der Waals surface area contributed by atoms with E-state index in [1.165, 1.54) is 11.3 Å². The molecule has 2 unspecified atom stereocenters. The second-order valence-electron chi connectivity index (χ2n) is 7.11. The number of hydrogen-bond donors (Lipinski definition) is 2. The number of anilines is 1. The summed E-state index contributed by atoms with van der Waals surface area (Å²) in [5.41, 5.74) is 2.71. The van der Waals surface area contributed by atoms with E-state index in [4.69, 9.17) is 0 Å². The number of hydrogen-bond acceptors (Lipinski definition) is 3. The van der Waals surface area contributed by atoms with Crippen molar-refractivity contribution >= 4 is 21.6 Å². The fourth-order valence-corrected chi connectivity index (χ4v) is 3.09. The minimum absolute atomic E-state index is 0.109. The molecule has 21 heavy (non-hydrogen) atoms. The van der Waals surface area contributed by atoms with Gasteiger partial charge < -0.3 is 15.3 Å². The molecule has 118 valence electrons. The molecule has 1 heterocycles. The molecule has 1 aromatic rings. The molecule has 1 fully saturated rings. The molecule has 0 saturated carbocycles. The summed E-state index contributed by atoms with van der Waals surface area (Å²) in [5.74, 6) is 0.382. The van der Waals surface area contributed by atoms with E-state index in [0.29, 0.717) is 5.92 Å². The highest BCUT2D eigenvalue weighted by molar-refractivity contribution is 9.10. The van der Waals surface area contributed by atoms with Crippen LogP contribution in [-0.4, -0.2) is 29.8 Å². The molecule has 2 rings (SSSR count). The van der Waals surface area contributed by atoms with Crippen molar-refractivity contribution < 1.29 is 5.11 Å². The van der Waals surface area contributed by atoms with Crippen molar-refractivity contribution in [1.29, 1.82) is 0 Å². The Morgan fingerprint density at radius 1 is 1.43 bits per heavy atom. The van der Waals surface area contributed by atoms with E-state index >= 15 is 0 Å². The van der Waals surface area contributed by atoms with Gasteiger partial charge in [0.05, 0.1) is 6.10 Å². The first-order valence-corrected chi connectivity index (χ1v) is 8.52. The lowest BCUT2D eigenvalue weighted by molar-refractivity contribution is 0.136. The second-order valence-corrected chi connectivity index (χ2v) is 8.03. The van der Waals surface area contributed by atoms with Crippen molar-refractivity contribution in [2.75, 3.05) is 18.0 Å². The fourth-order valence-electron chi connectivity index (χ4n) is 2.74. The van der Waals surface area contributed by atoms with Crippen molar-refractivity contribution in [3.8, 4) is 0 Å². The van der Waals surface area contributed by atoms with Crippen LogP contribution in [0.25, 0.3) is 0 Å². The van der Waals surface area contributed by atoms with Crippen LogP contribution in [0.5, 0.6) is 0 Å². The SMILES string of the molecule is CC(O)C1CCN(c2cc(Br)ccc2CNC(C)(C)C)C1. The Morgan fingerprint density at radius 2 is 2.14 bits per heavy atom. The van der Waals surface area contributed by atoms with Gasteiger partial charge >= 0.3 is 0 Å². The molecule has 0 amide bonds. The van der Waals surface area contributed by atoms with Crippen LogP contribution in [0.15, 0.2) is 22.7 Å². The summed E-state index contributed by atoms with van der Waals surface area (Å²) in [7, 11) is 0. The van der Waals surface area contributed by atoms with Gasteiger partial charge in [-0.15, -0.1) is 0 Å². The Morgan fingerprint density at radius 3 is 2.71 bits per heavy atom. The third kappa shape index (κ3) is 4.70. The molecule has 2 atom stereocenters. The second kappa shape index (κ2) is 6.67. The van der Waals surface area contributed by atoms with Crippen molar-refractivity contribution in [3.63, 3.8) is 0 Å². The maximum Gasteiger partial charge on any atom is 0.0557 e. The van der Waals surface area contributed by atoms with Gasteiger partial charge in [-0.05, 0) is 51.8 Å². The predicted molar refractivity (Wildman–Crippen MR) is 92.7 cm³/mol. The zero-order chi connectivity index (χ0) is 15.6. The third-order valence-electron chi connectivity index (χ3n) is 4.10. The smallest absolute Gasteiger partial charge is 0.0557 e. The van der Waals surface area contributed by atoms with Gasteiger partial charge in [-0.25, -0.2) is 0 Å². The number of rotatable bonds is 4. The highest BCUT2D eigenvalue weighted by Gasteiger charge is 2.27. The highest BCUT2D eigenvalue weighted by atomic mass is 79.9. The summed E-state index contributed by atoms with van der Waals surface area (Å²) < 4.78 is 1.11. The molecular weight excluding hydrogens is 328 g/mol. The predicted octanol–water partition coefficient (Wildman–Crippen LogP) is 3.54. The van der Waals surface area contributed by atoms with E-state index in [1.54, 1.807) is 0 Å².